The van der Waals surface area contributed by atoms with Gasteiger partial charge in [-0.3, -0.25) is 9.36 Å². The van der Waals surface area contributed by atoms with Gasteiger partial charge in [0.15, 0.2) is 0 Å². The Morgan fingerprint density at radius 1 is 1.42 bits per heavy atom. The van der Waals surface area contributed by atoms with Gasteiger partial charge in [0.1, 0.15) is 0 Å². The van der Waals surface area contributed by atoms with Crippen molar-refractivity contribution in [1.29, 1.82) is 0 Å². The van der Waals surface area contributed by atoms with Crippen LogP contribution in [0.15, 0.2) is 0 Å². The van der Waals surface area contributed by atoms with E-state index in [0.29, 0.717) is 0 Å². The first-order chi connectivity index (χ1) is 5.25. The van der Waals surface area contributed by atoms with Gasteiger partial charge in [-0.05, 0) is 0 Å². The van der Waals surface area contributed by atoms with Gasteiger partial charge in [0.2, 0.25) is 11.7 Å². The summed E-state index contributed by atoms with van der Waals surface area (Å²) < 4.78 is 10.4. The minimum atomic E-state index is -4.82. The molecule has 4 N–H and O–H groups in total. The molecule has 0 aromatic heterocycles. The fourth-order valence-corrected chi connectivity index (χ4v) is 1.12. The molecule has 7 nitrogen and oxygen atoms in total. The van der Waals surface area contributed by atoms with Gasteiger partial charge < -0.3 is 20.2 Å². The lowest BCUT2D eigenvalue weighted by Crippen LogP contribution is -2.39. The van der Waals surface area contributed by atoms with Crippen LogP contribution in [0.4, 0.5) is 0 Å². The smallest absolute Gasteiger partial charge is 0.359 e. The van der Waals surface area contributed by atoms with Crippen LogP contribution in [0.1, 0.15) is 6.92 Å². The highest BCUT2D eigenvalue weighted by molar-refractivity contribution is 7.53. The summed E-state index contributed by atoms with van der Waals surface area (Å²) in [6.45, 7) is 0.964. The number of carbonyl (C=O) groups is 2. The van der Waals surface area contributed by atoms with Gasteiger partial charge in [0.25, 0.3) is 0 Å². The van der Waals surface area contributed by atoms with Crippen molar-refractivity contribution in [3.63, 3.8) is 0 Å². The predicted molar refractivity (Wildman–Crippen MR) is 37.3 cm³/mol. The molecule has 1 unspecified atom stereocenters. The largest absolute Gasteiger partial charge is 0.479 e. The minimum Gasteiger partial charge on any atom is -0.479 e. The Hall–Kier alpha value is -0.910. The van der Waals surface area contributed by atoms with E-state index in [4.69, 9.17) is 14.9 Å². The van der Waals surface area contributed by atoms with Crippen LogP contribution in [0, 0.1) is 0 Å². The molecule has 0 saturated heterocycles. The third-order valence-corrected chi connectivity index (χ3v) is 1.93. The van der Waals surface area contributed by atoms with Gasteiger partial charge in [-0.2, -0.15) is 0 Å². The zero-order chi connectivity index (χ0) is 9.94. The molecule has 1 amide bonds. The second kappa shape index (κ2) is 3.66. The second-order valence-corrected chi connectivity index (χ2v) is 3.72. The molecule has 0 heterocycles. The van der Waals surface area contributed by atoms with E-state index in [1.165, 1.54) is 0 Å². The number of carboxylic acids is 1. The second-order valence-electron chi connectivity index (χ2n) is 2.03. The van der Waals surface area contributed by atoms with Crippen molar-refractivity contribution >= 4 is 19.5 Å². The number of aliphatic carboxylic acids is 1. The number of rotatable bonds is 3. The van der Waals surface area contributed by atoms with Gasteiger partial charge in [-0.15, -0.1) is 0 Å². The molecule has 0 aromatic rings. The molecule has 0 radical (unpaired) electrons. The van der Waals surface area contributed by atoms with Crippen LogP contribution in [-0.4, -0.2) is 32.6 Å². The average molecular weight is 197 g/mol. The SMILES string of the molecule is CC(=O)NC(C(=O)O)P(=O)(O)O. The van der Waals surface area contributed by atoms with Gasteiger partial charge in [0, 0.05) is 6.92 Å². The topological polar surface area (TPSA) is 124 Å². The standard InChI is InChI=1S/C4H8NO6P/c1-2(6)5-3(4(7)8)12(9,10)11/h3H,1H3,(H,5,6)(H,7,8)(H2,9,10,11). The fraction of sp³-hybridized carbons (Fsp3) is 0.500. The molecule has 70 valence electrons. The number of nitrogens with one attached hydrogen (secondary N) is 1. The fourth-order valence-electron chi connectivity index (χ4n) is 0.482. The Morgan fingerprint density at radius 2 is 1.83 bits per heavy atom. The molecule has 0 saturated carbocycles. The van der Waals surface area contributed by atoms with E-state index >= 15 is 0 Å². The average Bonchev–Trinajstić information content (AvgIpc) is 1.79. The summed E-state index contributed by atoms with van der Waals surface area (Å²) in [5, 5.41) is 9.87. The third-order valence-electron chi connectivity index (χ3n) is 0.910. The highest BCUT2D eigenvalue weighted by atomic mass is 31.2. The summed E-state index contributed by atoms with van der Waals surface area (Å²) in [5.41, 5.74) is 0. The molecule has 0 rings (SSSR count). The van der Waals surface area contributed by atoms with E-state index < -0.39 is 25.3 Å². The number of hydrogen-bond donors (Lipinski definition) is 4. The van der Waals surface area contributed by atoms with E-state index in [2.05, 4.69) is 0 Å². The Kier molecular flexibility index (Phi) is 3.38. The monoisotopic (exact) mass is 197 g/mol. The predicted octanol–water partition coefficient (Wildman–Crippen LogP) is -1.29. The van der Waals surface area contributed by atoms with Gasteiger partial charge in [0.05, 0.1) is 0 Å². The summed E-state index contributed by atoms with van der Waals surface area (Å²) >= 11 is 0. The minimum absolute atomic E-state index is 0.814. The van der Waals surface area contributed by atoms with Crippen LogP contribution < -0.4 is 5.32 Å². The first kappa shape index (κ1) is 11.1. The maximum absolute atomic E-state index is 10.4. The van der Waals surface area contributed by atoms with E-state index in [9.17, 15) is 14.2 Å². The Balaban J connectivity index is 4.58. The normalized spacial score (nSPS) is 13.6. The highest BCUT2D eigenvalue weighted by Gasteiger charge is 2.36. The van der Waals surface area contributed by atoms with E-state index in [-0.39, 0.29) is 0 Å². The van der Waals surface area contributed by atoms with Crippen LogP contribution in [0.5, 0.6) is 0 Å². The molecule has 0 spiro atoms. The van der Waals surface area contributed by atoms with E-state index in [0.717, 1.165) is 6.92 Å². The van der Waals surface area contributed by atoms with Crippen molar-refractivity contribution in [3.8, 4) is 0 Å². The first-order valence-electron chi connectivity index (χ1n) is 2.80. The van der Waals surface area contributed by atoms with E-state index in [1.54, 1.807) is 5.32 Å². The number of hydrogen-bond acceptors (Lipinski definition) is 3. The molecule has 0 bridgehead atoms. The van der Waals surface area contributed by atoms with Crippen molar-refractivity contribution in [1.82, 2.24) is 5.32 Å². The molecule has 12 heavy (non-hydrogen) atoms. The van der Waals surface area contributed by atoms with Gasteiger partial charge in [-0.1, -0.05) is 0 Å². The van der Waals surface area contributed by atoms with Crippen LogP contribution >= 0.6 is 7.60 Å². The number of carboxylic acid groups (broad SMARTS) is 1. The summed E-state index contributed by atoms with van der Waals surface area (Å²) in [7, 11) is -4.82. The lowest BCUT2D eigenvalue weighted by Gasteiger charge is -2.13. The Morgan fingerprint density at radius 3 is 1.92 bits per heavy atom. The summed E-state index contributed by atoms with van der Waals surface area (Å²) in [4.78, 5) is 37.3. The first-order valence-corrected chi connectivity index (χ1v) is 4.48. The Bertz CT molecular complexity index is 244. The third kappa shape index (κ3) is 3.47. The Labute approximate surface area is 67.6 Å². The molecule has 0 aliphatic rings. The lowest BCUT2D eigenvalue weighted by atomic mass is 10.6. The highest BCUT2D eigenvalue weighted by Crippen LogP contribution is 2.39. The van der Waals surface area contributed by atoms with Gasteiger partial charge in [-0.25, -0.2) is 4.79 Å². The van der Waals surface area contributed by atoms with Crippen molar-refractivity contribution < 1.29 is 29.0 Å². The van der Waals surface area contributed by atoms with Crippen molar-refractivity contribution in [2.24, 2.45) is 0 Å². The van der Waals surface area contributed by atoms with Crippen molar-refractivity contribution in [2.45, 2.75) is 12.7 Å². The van der Waals surface area contributed by atoms with Gasteiger partial charge >= 0.3 is 13.6 Å². The molecule has 1 atom stereocenters. The summed E-state index contributed by atoms with van der Waals surface area (Å²) in [6.07, 6.45) is 0. The number of amides is 1. The maximum atomic E-state index is 10.4. The number of carbonyl (C=O) groups excluding carboxylic acids is 1. The van der Waals surface area contributed by atoms with Crippen LogP contribution in [0.25, 0.3) is 0 Å². The lowest BCUT2D eigenvalue weighted by molar-refractivity contribution is -0.139. The molecular formula is C4H8NO6P. The van der Waals surface area contributed by atoms with Crippen LogP contribution in [0.3, 0.4) is 0 Å². The molecule has 0 fully saturated rings. The summed E-state index contributed by atoms with van der Waals surface area (Å²) in [5.74, 6) is -4.74. The maximum Gasteiger partial charge on any atom is 0.359 e. The molecule has 0 aliphatic carbocycles. The molecule has 8 heteroatoms. The quantitative estimate of drug-likeness (QED) is 0.417. The van der Waals surface area contributed by atoms with E-state index in [1.807, 2.05) is 0 Å². The molecule has 0 aromatic carbocycles. The summed E-state index contributed by atoms with van der Waals surface area (Å²) in [6, 6.07) is 0. The van der Waals surface area contributed by atoms with Crippen molar-refractivity contribution in [2.75, 3.05) is 0 Å². The zero-order valence-electron chi connectivity index (χ0n) is 6.09. The van der Waals surface area contributed by atoms with Crippen LogP contribution in [0.2, 0.25) is 0 Å². The molecular weight excluding hydrogens is 189 g/mol. The zero-order valence-corrected chi connectivity index (χ0v) is 6.99. The molecule has 0 aliphatic heterocycles. The van der Waals surface area contributed by atoms with Crippen molar-refractivity contribution in [3.05, 3.63) is 0 Å². The van der Waals surface area contributed by atoms with Crippen LogP contribution in [-0.2, 0) is 14.2 Å².